The minimum Gasteiger partial charge on any atom is -0.459 e. The molecule has 1 aromatic carbocycles. The number of carbonyl (C=O) groups excluding carboxylic acids is 3. The Morgan fingerprint density at radius 2 is 1.14 bits per heavy atom. The zero-order valence-electron chi connectivity index (χ0n) is 62.3. The number of hydrogen-bond donors (Lipinski definition) is 17. The summed E-state index contributed by atoms with van der Waals surface area (Å²) in [6.45, 7) is 14.7. The molecule has 4 saturated carbocycles. The number of allylic oxidation sites excluding steroid dienone is 2. The fourth-order valence-corrected chi connectivity index (χ4v) is 20.2. The van der Waals surface area contributed by atoms with Crippen LogP contribution in [0.4, 0.5) is 0 Å². The highest BCUT2D eigenvalue weighted by atomic mass is 16.8. The van der Waals surface area contributed by atoms with Gasteiger partial charge in [0, 0.05) is 24.8 Å². The first-order valence-electron chi connectivity index (χ1n) is 37.8. The molecule has 0 aromatic heterocycles. The molecule has 10 fully saturated rings. The van der Waals surface area contributed by atoms with Gasteiger partial charge in [0.2, 0.25) is 12.2 Å². The lowest BCUT2D eigenvalue weighted by atomic mass is 9.33. The fraction of sp³-hybridized carbons (Fsp3) is 0.827. The van der Waals surface area contributed by atoms with Gasteiger partial charge in [-0.2, -0.15) is 0 Å². The van der Waals surface area contributed by atoms with Crippen molar-refractivity contribution in [3.8, 4) is 0 Å². The van der Waals surface area contributed by atoms with Crippen molar-refractivity contribution in [2.24, 2.45) is 50.2 Å². The van der Waals surface area contributed by atoms with Gasteiger partial charge in [-0.3, -0.25) is 9.59 Å². The van der Waals surface area contributed by atoms with Crippen LogP contribution in [0, 0.1) is 50.2 Å². The van der Waals surface area contributed by atoms with Crippen LogP contribution in [-0.4, -0.2) is 317 Å². The van der Waals surface area contributed by atoms with Crippen molar-refractivity contribution in [2.45, 2.75) is 304 Å². The summed E-state index contributed by atoms with van der Waals surface area (Å²) < 4.78 is 79.2. The first-order chi connectivity index (χ1) is 50.8. The Morgan fingerprint density at radius 3 is 1.81 bits per heavy atom. The highest BCUT2D eigenvalue weighted by Crippen LogP contribution is 2.76. The number of fused-ring (bicyclic) bond motifs is 7. The van der Waals surface area contributed by atoms with Crippen LogP contribution in [0.15, 0.2) is 48.1 Å². The first-order valence-corrected chi connectivity index (χ1v) is 37.8. The Bertz CT molecular complexity index is 3330. The van der Waals surface area contributed by atoms with Gasteiger partial charge in [-0.15, -0.1) is 0 Å². The van der Waals surface area contributed by atoms with E-state index in [9.17, 15) is 91.3 Å². The minimum atomic E-state index is -2.04. The van der Waals surface area contributed by atoms with E-state index in [1.807, 2.05) is 44.2 Å². The number of carbonyl (C=O) groups is 3. The molecule has 1 amide bonds. The van der Waals surface area contributed by atoms with Gasteiger partial charge in [-0.1, -0.05) is 90.4 Å². The maximum atomic E-state index is 16.2. The van der Waals surface area contributed by atoms with E-state index in [0.717, 1.165) is 11.1 Å². The highest BCUT2D eigenvalue weighted by Gasteiger charge is 2.72. The number of aliphatic hydroxyl groups excluding tert-OH is 16. The molecule has 0 radical (unpaired) electrons. The molecule has 0 spiro atoms. The summed E-state index contributed by atoms with van der Waals surface area (Å²) >= 11 is 0. The average molecular weight is 1540 g/mol. The van der Waals surface area contributed by atoms with Gasteiger partial charge in [-0.05, 0) is 109 Å². The largest absolute Gasteiger partial charge is 0.459 e. The third kappa shape index (κ3) is 15.3. The zero-order valence-corrected chi connectivity index (χ0v) is 62.3. The molecule has 37 unspecified atom stereocenters. The molecule has 108 heavy (non-hydrogen) atoms. The molecular formula is C75H113NO32. The summed E-state index contributed by atoms with van der Waals surface area (Å²) in [4.78, 5) is 43.2. The van der Waals surface area contributed by atoms with Crippen LogP contribution in [-0.2, 0) is 76.0 Å². The molecule has 6 saturated heterocycles. The van der Waals surface area contributed by atoms with Crippen LogP contribution < -0.4 is 5.32 Å². The van der Waals surface area contributed by atoms with Gasteiger partial charge in [0.05, 0.1) is 50.7 Å². The van der Waals surface area contributed by atoms with Crippen LogP contribution in [0.3, 0.4) is 0 Å². The first kappa shape index (κ1) is 83.5. The maximum absolute atomic E-state index is 16.2. The molecule has 33 heteroatoms. The van der Waals surface area contributed by atoms with Crippen LogP contribution in [0.1, 0.15) is 126 Å². The van der Waals surface area contributed by atoms with Crippen molar-refractivity contribution in [1.82, 2.24) is 5.32 Å². The number of aliphatic hydroxyl groups is 16. The zero-order chi connectivity index (χ0) is 78.4. The van der Waals surface area contributed by atoms with Crippen molar-refractivity contribution in [1.29, 1.82) is 0 Å². The van der Waals surface area contributed by atoms with Crippen LogP contribution in [0.5, 0.6) is 0 Å². The third-order valence-electron chi connectivity index (χ3n) is 26.8. The van der Waals surface area contributed by atoms with Gasteiger partial charge >= 0.3 is 11.9 Å². The number of esters is 2. The van der Waals surface area contributed by atoms with Crippen molar-refractivity contribution >= 4 is 23.9 Å². The van der Waals surface area contributed by atoms with E-state index in [1.165, 1.54) is 19.9 Å². The van der Waals surface area contributed by atoms with Crippen molar-refractivity contribution in [3.63, 3.8) is 0 Å². The quantitative estimate of drug-likeness (QED) is 0.0290. The second kappa shape index (κ2) is 32.4. The lowest BCUT2D eigenvalue weighted by Crippen LogP contribution is -2.68. The molecule has 33 nitrogen and oxygen atoms in total. The SMILES string of the molecule is CC(=O)NC1C(OC2CCC3(C)C(CCC4(C)C3CC=C3C5CC(C)(C)C(OC(=O)C=Cc6ccccc6)CC5(C(=O)OC5OC(CO)C(O)C(O)C5OC5OC(C)C(O)C(OC6OC(CO)C(O)C(O)C6O)C5O)CCC34C)C2(C)C)OC(COC2OCC(O)C(O)C2OC2OCC(O)C(O)C2O)C(O)C1O. The van der Waals surface area contributed by atoms with Crippen molar-refractivity contribution < 1.29 is 158 Å². The molecule has 0 bridgehead atoms. The number of amides is 1. The second-order valence-corrected chi connectivity index (χ2v) is 34.0. The predicted octanol–water partition coefficient (Wildman–Crippen LogP) is -2.70. The van der Waals surface area contributed by atoms with E-state index in [0.29, 0.717) is 44.9 Å². The summed E-state index contributed by atoms with van der Waals surface area (Å²) in [5, 5.41) is 178. The molecule has 5 aliphatic carbocycles. The summed E-state index contributed by atoms with van der Waals surface area (Å²) in [7, 11) is 0. The average Bonchev–Trinajstić information content (AvgIpc) is 0.673. The predicted molar refractivity (Wildman–Crippen MR) is 367 cm³/mol. The second-order valence-electron chi connectivity index (χ2n) is 34.0. The number of rotatable bonds is 19. The lowest BCUT2D eigenvalue weighted by molar-refractivity contribution is -0.380. The van der Waals surface area contributed by atoms with E-state index in [-0.39, 0.29) is 30.1 Å². The highest BCUT2D eigenvalue weighted by molar-refractivity contribution is 5.87. The van der Waals surface area contributed by atoms with Crippen LogP contribution in [0.25, 0.3) is 6.08 Å². The van der Waals surface area contributed by atoms with Gasteiger partial charge in [0.15, 0.2) is 37.6 Å². The number of nitrogens with one attached hydrogen (secondary N) is 1. The Morgan fingerprint density at radius 1 is 0.546 bits per heavy atom. The molecule has 37 atom stereocenters. The Balaban J connectivity index is 0.804. The van der Waals surface area contributed by atoms with Gasteiger partial charge < -0.3 is 149 Å². The maximum Gasteiger partial charge on any atom is 0.331 e. The van der Waals surface area contributed by atoms with Crippen molar-refractivity contribution in [3.05, 3.63) is 53.6 Å². The molecule has 6 heterocycles. The lowest BCUT2D eigenvalue weighted by Gasteiger charge is -2.71. The Hall–Kier alpha value is -3.97. The van der Waals surface area contributed by atoms with E-state index in [1.54, 1.807) is 6.08 Å². The summed E-state index contributed by atoms with van der Waals surface area (Å²) in [6.07, 6.45) is -38.0. The smallest absolute Gasteiger partial charge is 0.331 e. The van der Waals surface area contributed by atoms with Gasteiger partial charge in [0.1, 0.15) is 128 Å². The van der Waals surface area contributed by atoms with Crippen LogP contribution in [0.2, 0.25) is 0 Å². The topological polar surface area (TPSA) is 507 Å². The normalized spacial score (nSPS) is 49.3. The molecule has 11 aliphatic rings. The Kier molecular flexibility index (Phi) is 25.0. The molecule has 610 valence electrons. The number of benzene rings is 1. The summed E-state index contributed by atoms with van der Waals surface area (Å²) in [5.41, 5.74) is -2.56. The minimum absolute atomic E-state index is 0.00906. The Labute approximate surface area is 625 Å². The number of hydrogen-bond acceptors (Lipinski definition) is 32. The van der Waals surface area contributed by atoms with Gasteiger partial charge in [-0.25, -0.2) is 4.79 Å². The third-order valence-corrected chi connectivity index (χ3v) is 26.8. The standard InChI is InChI=1S/C75H113NO32/c1-32-48(83)60(105-65-58(93)55(90)51(86)39(27-77)100-65)59(94)66(99-32)107-62-56(91)52(87)40(28-78)101-68(62)108-69(95)75-24-23-73(8)35(36(75)25-70(3,4)45(26-75)103-46(82)18-15-34-13-11-10-12-14-34)16-17-43-72(7)21-20-44(71(5,6)42(72)19-22-74(43,73)9)104-63-47(76-33(2)79)54(89)53(88)41(102-63)31-98-67-61(50(85)38(81)30-97-67)106-64-57(92)49(84)37(80)29-96-64/h10-16,18,32,36-45,47-68,77-78,80-81,83-94H,17,19-31H2,1-9H3,(H,76,79). The molecule has 12 rings (SSSR count). The van der Waals surface area contributed by atoms with Gasteiger partial charge in [0.25, 0.3) is 0 Å². The number of ether oxygens (including phenoxy) is 13. The monoisotopic (exact) mass is 1540 g/mol. The van der Waals surface area contributed by atoms with E-state index in [2.05, 4.69) is 46.0 Å². The van der Waals surface area contributed by atoms with Crippen molar-refractivity contribution in [2.75, 3.05) is 33.0 Å². The molecule has 1 aromatic rings. The molecular weight excluding hydrogens is 1430 g/mol. The fourth-order valence-electron chi connectivity index (χ4n) is 20.2. The van der Waals surface area contributed by atoms with E-state index in [4.69, 9.17) is 61.6 Å². The summed E-state index contributed by atoms with van der Waals surface area (Å²) in [6, 6.07) is 7.87. The van der Waals surface area contributed by atoms with E-state index < -0.39 is 268 Å². The summed E-state index contributed by atoms with van der Waals surface area (Å²) in [5.74, 6) is -2.61. The molecule has 6 aliphatic heterocycles. The van der Waals surface area contributed by atoms with Crippen LogP contribution >= 0.6 is 0 Å². The molecule has 17 N–H and O–H groups in total. The van der Waals surface area contributed by atoms with E-state index >= 15 is 4.79 Å².